The van der Waals surface area contributed by atoms with E-state index in [9.17, 15) is 22.4 Å². The third kappa shape index (κ3) is 4.32. The first-order valence-corrected chi connectivity index (χ1v) is 3.72. The SMILES string of the molecule is O=C(O)[C@H](CS)NC(F)C(F)(F)F. The van der Waals surface area contributed by atoms with Crippen molar-refractivity contribution in [2.45, 2.75) is 18.5 Å². The van der Waals surface area contributed by atoms with Crippen LogP contribution in [0.2, 0.25) is 0 Å². The van der Waals surface area contributed by atoms with E-state index in [0.717, 1.165) is 0 Å². The van der Waals surface area contributed by atoms with Gasteiger partial charge < -0.3 is 5.11 Å². The van der Waals surface area contributed by atoms with Gasteiger partial charge in [0.2, 0.25) is 6.30 Å². The minimum atomic E-state index is -5.10. The normalized spacial score (nSPS) is 16.7. The van der Waals surface area contributed by atoms with Crippen molar-refractivity contribution in [3.8, 4) is 0 Å². The van der Waals surface area contributed by atoms with E-state index in [1.54, 1.807) is 0 Å². The molecule has 0 saturated heterocycles. The van der Waals surface area contributed by atoms with Gasteiger partial charge in [-0.25, -0.2) is 4.39 Å². The van der Waals surface area contributed by atoms with Gasteiger partial charge in [-0.05, 0) is 0 Å². The summed E-state index contributed by atoms with van der Waals surface area (Å²) in [6.45, 7) is 0. The van der Waals surface area contributed by atoms with Crippen molar-refractivity contribution >= 4 is 18.6 Å². The molecule has 0 heterocycles. The molecule has 0 rings (SSSR count). The first-order chi connectivity index (χ1) is 5.79. The van der Waals surface area contributed by atoms with E-state index in [4.69, 9.17) is 5.11 Å². The van der Waals surface area contributed by atoms with Crippen LogP contribution in [0.4, 0.5) is 17.6 Å². The Kier molecular flexibility index (Phi) is 4.48. The Hall–Kier alpha value is -0.500. The van der Waals surface area contributed by atoms with Gasteiger partial charge in [0.05, 0.1) is 0 Å². The Morgan fingerprint density at radius 2 is 2.00 bits per heavy atom. The molecular weight excluding hydrogens is 214 g/mol. The lowest BCUT2D eigenvalue weighted by molar-refractivity contribution is -0.192. The molecule has 0 aliphatic rings. The zero-order valence-electron chi connectivity index (χ0n) is 6.18. The van der Waals surface area contributed by atoms with E-state index in [-0.39, 0.29) is 0 Å². The molecule has 13 heavy (non-hydrogen) atoms. The van der Waals surface area contributed by atoms with Crippen LogP contribution in [0, 0.1) is 0 Å². The maximum atomic E-state index is 12.2. The van der Waals surface area contributed by atoms with Gasteiger partial charge in [-0.3, -0.25) is 10.1 Å². The van der Waals surface area contributed by atoms with Crippen LogP contribution in [0.15, 0.2) is 0 Å². The highest BCUT2D eigenvalue weighted by atomic mass is 32.1. The van der Waals surface area contributed by atoms with Gasteiger partial charge in [0.25, 0.3) is 0 Å². The van der Waals surface area contributed by atoms with Crippen molar-refractivity contribution < 1.29 is 27.5 Å². The Balaban J connectivity index is 4.17. The summed E-state index contributed by atoms with van der Waals surface area (Å²) in [5.41, 5.74) is 0. The molecule has 0 aromatic carbocycles. The van der Waals surface area contributed by atoms with Crippen LogP contribution in [-0.2, 0) is 4.79 Å². The van der Waals surface area contributed by atoms with Crippen LogP contribution in [0.1, 0.15) is 0 Å². The number of aliphatic carboxylic acids is 1. The lowest BCUT2D eigenvalue weighted by atomic mass is 10.3. The predicted octanol–water partition coefficient (Wildman–Crippen LogP) is 0.817. The summed E-state index contributed by atoms with van der Waals surface area (Å²) in [5, 5.41) is 9.48. The number of rotatable bonds is 4. The van der Waals surface area contributed by atoms with E-state index in [1.165, 1.54) is 5.32 Å². The Labute approximate surface area is 76.5 Å². The van der Waals surface area contributed by atoms with Crippen LogP contribution >= 0.6 is 12.6 Å². The van der Waals surface area contributed by atoms with Gasteiger partial charge in [0.1, 0.15) is 6.04 Å². The maximum absolute atomic E-state index is 12.2. The molecule has 0 aliphatic heterocycles. The van der Waals surface area contributed by atoms with Crippen molar-refractivity contribution in [3.63, 3.8) is 0 Å². The van der Waals surface area contributed by atoms with Crippen LogP contribution < -0.4 is 5.32 Å². The molecule has 0 aromatic heterocycles. The molecule has 0 aromatic rings. The standard InChI is InChI=1S/C5H7F4NO2S/c6-4(5(7,8)9)10-2(1-13)3(11)12/h2,4,10,13H,1H2,(H,11,12)/t2-,4?/m0/s1. The zero-order valence-corrected chi connectivity index (χ0v) is 7.07. The Morgan fingerprint density at radius 1 is 1.54 bits per heavy atom. The van der Waals surface area contributed by atoms with Gasteiger partial charge in [0, 0.05) is 5.75 Å². The fraction of sp³-hybridized carbons (Fsp3) is 0.800. The van der Waals surface area contributed by atoms with Gasteiger partial charge in [0.15, 0.2) is 0 Å². The molecule has 0 bridgehead atoms. The second-order valence-corrected chi connectivity index (χ2v) is 2.51. The van der Waals surface area contributed by atoms with E-state index >= 15 is 0 Å². The fourth-order valence-corrected chi connectivity index (χ4v) is 0.735. The summed E-state index contributed by atoms with van der Waals surface area (Å²) in [4.78, 5) is 10.1. The Morgan fingerprint density at radius 3 is 2.23 bits per heavy atom. The van der Waals surface area contributed by atoms with Crippen LogP contribution in [0.3, 0.4) is 0 Å². The number of carbonyl (C=O) groups is 1. The zero-order chi connectivity index (χ0) is 10.6. The minimum Gasteiger partial charge on any atom is -0.480 e. The largest absolute Gasteiger partial charge is 0.480 e. The lowest BCUT2D eigenvalue weighted by Gasteiger charge is -2.17. The topological polar surface area (TPSA) is 49.3 Å². The summed E-state index contributed by atoms with van der Waals surface area (Å²) >= 11 is 3.45. The van der Waals surface area contributed by atoms with Gasteiger partial charge in [-0.2, -0.15) is 25.8 Å². The number of carboxylic acid groups (broad SMARTS) is 1. The number of hydrogen-bond acceptors (Lipinski definition) is 3. The van der Waals surface area contributed by atoms with Gasteiger partial charge >= 0.3 is 12.1 Å². The summed E-state index contributed by atoms with van der Waals surface area (Å²) in [7, 11) is 0. The molecule has 2 N–H and O–H groups in total. The monoisotopic (exact) mass is 221 g/mol. The number of hydrogen-bond donors (Lipinski definition) is 3. The lowest BCUT2D eigenvalue weighted by Crippen LogP contribution is -2.48. The minimum absolute atomic E-state index is 0.425. The summed E-state index contributed by atoms with van der Waals surface area (Å²) in [6.07, 6.45) is -8.45. The van der Waals surface area contributed by atoms with Crippen LogP contribution in [-0.4, -0.2) is 35.3 Å². The van der Waals surface area contributed by atoms with Gasteiger partial charge in [-0.15, -0.1) is 0 Å². The molecule has 78 valence electrons. The van der Waals surface area contributed by atoms with Crippen molar-refractivity contribution in [2.24, 2.45) is 0 Å². The smallest absolute Gasteiger partial charge is 0.433 e. The van der Waals surface area contributed by atoms with E-state index in [0.29, 0.717) is 0 Å². The molecule has 0 aliphatic carbocycles. The predicted molar refractivity (Wildman–Crippen MR) is 39.4 cm³/mol. The highest BCUT2D eigenvalue weighted by Crippen LogP contribution is 2.21. The molecule has 3 nitrogen and oxygen atoms in total. The van der Waals surface area contributed by atoms with Crippen molar-refractivity contribution in [1.82, 2.24) is 5.32 Å². The number of nitrogens with one attached hydrogen (secondary N) is 1. The van der Waals surface area contributed by atoms with Gasteiger partial charge in [-0.1, -0.05) is 0 Å². The third-order valence-corrected chi connectivity index (χ3v) is 1.48. The molecule has 0 radical (unpaired) electrons. The number of halogens is 4. The first kappa shape index (κ1) is 12.5. The van der Waals surface area contributed by atoms with E-state index in [1.807, 2.05) is 0 Å². The molecule has 8 heteroatoms. The van der Waals surface area contributed by atoms with Crippen molar-refractivity contribution in [2.75, 3.05) is 5.75 Å². The maximum Gasteiger partial charge on any atom is 0.433 e. The number of thiol groups is 1. The van der Waals surface area contributed by atoms with Crippen LogP contribution in [0.5, 0.6) is 0 Å². The second kappa shape index (κ2) is 4.66. The Bertz CT molecular complexity index is 186. The first-order valence-electron chi connectivity index (χ1n) is 3.09. The van der Waals surface area contributed by atoms with Crippen LogP contribution in [0.25, 0.3) is 0 Å². The molecule has 0 fully saturated rings. The second-order valence-electron chi connectivity index (χ2n) is 2.14. The highest BCUT2D eigenvalue weighted by molar-refractivity contribution is 7.80. The quantitative estimate of drug-likeness (QED) is 0.374. The molecule has 1 unspecified atom stereocenters. The van der Waals surface area contributed by atoms with E-state index in [2.05, 4.69) is 12.6 Å². The van der Waals surface area contributed by atoms with E-state index < -0.39 is 30.2 Å². The highest BCUT2D eigenvalue weighted by Gasteiger charge is 2.42. The fourth-order valence-electron chi connectivity index (χ4n) is 0.473. The number of alkyl halides is 4. The average molecular weight is 221 g/mol. The molecule has 0 spiro atoms. The molecule has 0 saturated carbocycles. The summed E-state index contributed by atoms with van der Waals surface area (Å²) < 4.78 is 46.8. The summed E-state index contributed by atoms with van der Waals surface area (Å²) in [6, 6.07) is -1.65. The average Bonchev–Trinajstić information content (AvgIpc) is 1.96. The molecule has 0 amide bonds. The third-order valence-electron chi connectivity index (χ3n) is 1.12. The number of carboxylic acids is 1. The summed E-state index contributed by atoms with van der Waals surface area (Å²) in [5.74, 6) is -2.01. The molecular formula is C5H7F4NO2S. The van der Waals surface area contributed by atoms with Crippen molar-refractivity contribution in [1.29, 1.82) is 0 Å². The molecule has 2 atom stereocenters. The van der Waals surface area contributed by atoms with Crippen molar-refractivity contribution in [3.05, 3.63) is 0 Å².